The maximum absolute atomic E-state index is 12.1. The number of amides is 1. The summed E-state index contributed by atoms with van der Waals surface area (Å²) in [7, 11) is 1.60. The molecule has 3 aromatic rings. The summed E-state index contributed by atoms with van der Waals surface area (Å²) in [6.45, 7) is 1.41. The van der Waals surface area contributed by atoms with Gasteiger partial charge < -0.3 is 15.4 Å². The smallest absolute Gasteiger partial charge is 0.231 e. The number of hydrogen-bond donors (Lipinski definition) is 2. The molecular weight excluding hydrogens is 316 g/mol. The Bertz CT molecular complexity index is 923. The van der Waals surface area contributed by atoms with E-state index in [2.05, 4.69) is 20.6 Å². The Morgan fingerprint density at radius 2 is 1.96 bits per heavy atom. The first-order valence-corrected chi connectivity index (χ1v) is 8.17. The van der Waals surface area contributed by atoms with E-state index < -0.39 is 0 Å². The highest BCUT2D eigenvalue weighted by atomic mass is 16.5. The Kier molecular flexibility index (Phi) is 4.03. The molecule has 0 radical (unpaired) electrons. The number of ether oxygens (including phenoxy) is 1. The minimum absolute atomic E-state index is 0.00459. The number of carbonyl (C=O) groups excluding carboxylic acids is 1. The molecule has 4 rings (SSSR count). The molecule has 0 spiro atoms. The number of fused-ring (bicyclic) bond motifs is 1. The summed E-state index contributed by atoms with van der Waals surface area (Å²) in [6.07, 6.45) is 1.60. The lowest BCUT2D eigenvalue weighted by atomic mass is 10.0. The topological polar surface area (TPSA) is 76.1 Å². The predicted octanol–water partition coefficient (Wildman–Crippen LogP) is 2.46. The van der Waals surface area contributed by atoms with E-state index >= 15 is 0 Å². The zero-order valence-electron chi connectivity index (χ0n) is 13.8. The number of nitrogens with zero attached hydrogens (tertiary/aromatic N) is 2. The quantitative estimate of drug-likeness (QED) is 0.766. The van der Waals surface area contributed by atoms with Gasteiger partial charge in [0.25, 0.3) is 0 Å². The van der Waals surface area contributed by atoms with Crippen molar-refractivity contribution in [2.75, 3.05) is 25.5 Å². The van der Waals surface area contributed by atoms with Crippen LogP contribution < -0.4 is 15.4 Å². The number of methoxy groups -OCH3 is 1. The molecule has 0 bridgehead atoms. The molecule has 0 unspecified atom stereocenters. The molecule has 6 nitrogen and oxygen atoms in total. The molecule has 0 atom stereocenters. The number of hydrogen-bond acceptors (Lipinski definition) is 5. The zero-order chi connectivity index (χ0) is 17.2. The van der Waals surface area contributed by atoms with Gasteiger partial charge in [0.1, 0.15) is 16.8 Å². The summed E-state index contributed by atoms with van der Waals surface area (Å²) >= 11 is 0. The summed E-state index contributed by atoms with van der Waals surface area (Å²) in [5, 5.41) is 5.92. The molecule has 1 aromatic heterocycles. The number of rotatable bonds is 4. The lowest BCUT2D eigenvalue weighted by Gasteiger charge is -2.25. The van der Waals surface area contributed by atoms with Crippen LogP contribution in [0.4, 0.5) is 5.82 Å². The second kappa shape index (κ2) is 6.49. The van der Waals surface area contributed by atoms with Gasteiger partial charge in [-0.05, 0) is 17.7 Å². The third kappa shape index (κ3) is 2.92. The van der Waals surface area contributed by atoms with Crippen molar-refractivity contribution in [2.24, 2.45) is 5.92 Å². The summed E-state index contributed by atoms with van der Waals surface area (Å²) in [5.41, 5.74) is 3.41. The van der Waals surface area contributed by atoms with E-state index in [4.69, 9.17) is 4.74 Å². The average Bonchev–Trinajstić information content (AvgIpc) is 2.60. The van der Waals surface area contributed by atoms with E-state index in [0.717, 1.165) is 16.6 Å². The highest BCUT2D eigenvalue weighted by molar-refractivity contribution is 5.97. The first kappa shape index (κ1) is 15.5. The van der Waals surface area contributed by atoms with Crippen LogP contribution in [0.3, 0.4) is 0 Å². The SMILES string of the molecule is COc1ccc(-c2ccccc2)c2ncc(NC(=O)C3CNC3)nc12. The van der Waals surface area contributed by atoms with Gasteiger partial charge >= 0.3 is 0 Å². The largest absolute Gasteiger partial charge is 0.494 e. The second-order valence-electron chi connectivity index (χ2n) is 5.98. The van der Waals surface area contributed by atoms with Crippen LogP contribution >= 0.6 is 0 Å². The van der Waals surface area contributed by atoms with E-state index in [0.29, 0.717) is 30.2 Å². The van der Waals surface area contributed by atoms with Gasteiger partial charge in [-0.15, -0.1) is 0 Å². The maximum atomic E-state index is 12.1. The van der Waals surface area contributed by atoms with Crippen LogP contribution in [0.15, 0.2) is 48.7 Å². The van der Waals surface area contributed by atoms with Gasteiger partial charge in [0.15, 0.2) is 5.82 Å². The minimum Gasteiger partial charge on any atom is -0.494 e. The van der Waals surface area contributed by atoms with Crippen molar-refractivity contribution < 1.29 is 9.53 Å². The minimum atomic E-state index is -0.0365. The molecule has 1 aliphatic heterocycles. The molecule has 1 fully saturated rings. The van der Waals surface area contributed by atoms with Crippen molar-refractivity contribution in [3.8, 4) is 16.9 Å². The first-order chi connectivity index (χ1) is 12.3. The van der Waals surface area contributed by atoms with Gasteiger partial charge in [0.2, 0.25) is 5.91 Å². The van der Waals surface area contributed by atoms with Crippen LogP contribution in [0, 0.1) is 5.92 Å². The lowest BCUT2D eigenvalue weighted by Crippen LogP contribution is -2.48. The fraction of sp³-hybridized carbons (Fsp3) is 0.211. The van der Waals surface area contributed by atoms with Crippen molar-refractivity contribution in [1.82, 2.24) is 15.3 Å². The molecule has 2 N–H and O–H groups in total. The van der Waals surface area contributed by atoms with E-state index in [1.807, 2.05) is 42.5 Å². The maximum Gasteiger partial charge on any atom is 0.231 e. The Labute approximate surface area is 145 Å². The summed E-state index contributed by atoms with van der Waals surface area (Å²) in [4.78, 5) is 21.2. The Hall–Kier alpha value is -2.99. The Morgan fingerprint density at radius 3 is 2.64 bits per heavy atom. The van der Waals surface area contributed by atoms with Gasteiger partial charge in [-0.2, -0.15) is 0 Å². The average molecular weight is 334 g/mol. The van der Waals surface area contributed by atoms with E-state index in [1.165, 1.54) is 0 Å². The van der Waals surface area contributed by atoms with E-state index in [-0.39, 0.29) is 11.8 Å². The van der Waals surface area contributed by atoms with Gasteiger partial charge in [-0.3, -0.25) is 4.79 Å². The molecule has 1 saturated heterocycles. The molecule has 1 amide bonds. The molecular formula is C19H18N4O2. The third-order valence-electron chi connectivity index (χ3n) is 4.37. The zero-order valence-corrected chi connectivity index (χ0v) is 13.8. The van der Waals surface area contributed by atoms with Crippen LogP contribution in [0.1, 0.15) is 0 Å². The normalized spacial score (nSPS) is 14.1. The highest BCUT2D eigenvalue weighted by Gasteiger charge is 2.25. The van der Waals surface area contributed by atoms with Gasteiger partial charge in [-0.25, -0.2) is 9.97 Å². The Balaban J connectivity index is 1.76. The fourth-order valence-corrected chi connectivity index (χ4v) is 2.85. The van der Waals surface area contributed by atoms with Crippen molar-refractivity contribution in [1.29, 1.82) is 0 Å². The Morgan fingerprint density at radius 1 is 1.16 bits per heavy atom. The number of carbonyl (C=O) groups is 1. The molecule has 126 valence electrons. The van der Waals surface area contributed by atoms with Gasteiger partial charge in [-0.1, -0.05) is 30.3 Å². The molecule has 2 heterocycles. The monoisotopic (exact) mass is 334 g/mol. The number of benzene rings is 2. The lowest BCUT2D eigenvalue weighted by molar-refractivity contribution is -0.121. The fourth-order valence-electron chi connectivity index (χ4n) is 2.85. The molecule has 25 heavy (non-hydrogen) atoms. The van der Waals surface area contributed by atoms with E-state index in [9.17, 15) is 4.79 Å². The van der Waals surface area contributed by atoms with Crippen molar-refractivity contribution in [2.45, 2.75) is 0 Å². The standard InChI is InChI=1S/C19H18N4O2/c1-25-15-8-7-14(12-5-3-2-4-6-12)17-18(15)22-16(11-21-17)23-19(24)13-9-20-10-13/h2-8,11,13,20H,9-10H2,1H3,(H,22,23,24). The summed E-state index contributed by atoms with van der Waals surface area (Å²) in [6, 6.07) is 13.9. The molecule has 6 heteroatoms. The number of anilines is 1. The third-order valence-corrected chi connectivity index (χ3v) is 4.37. The second-order valence-corrected chi connectivity index (χ2v) is 5.98. The summed E-state index contributed by atoms with van der Waals surface area (Å²) < 4.78 is 5.43. The van der Waals surface area contributed by atoms with Crippen LogP contribution in [0.2, 0.25) is 0 Å². The molecule has 0 aliphatic carbocycles. The van der Waals surface area contributed by atoms with Crippen LogP contribution in [-0.2, 0) is 4.79 Å². The van der Waals surface area contributed by atoms with E-state index in [1.54, 1.807) is 13.3 Å². The first-order valence-electron chi connectivity index (χ1n) is 8.17. The van der Waals surface area contributed by atoms with Crippen molar-refractivity contribution in [3.05, 3.63) is 48.7 Å². The van der Waals surface area contributed by atoms with Crippen LogP contribution in [-0.4, -0.2) is 36.1 Å². The molecule has 2 aromatic carbocycles. The van der Waals surface area contributed by atoms with Crippen LogP contribution in [0.5, 0.6) is 5.75 Å². The highest BCUT2D eigenvalue weighted by Crippen LogP contribution is 2.32. The van der Waals surface area contributed by atoms with Crippen molar-refractivity contribution in [3.63, 3.8) is 0 Å². The number of aromatic nitrogens is 2. The number of nitrogens with one attached hydrogen (secondary N) is 2. The van der Waals surface area contributed by atoms with Crippen LogP contribution in [0.25, 0.3) is 22.2 Å². The molecule has 0 saturated carbocycles. The molecule has 1 aliphatic rings. The van der Waals surface area contributed by atoms with Gasteiger partial charge in [0.05, 0.1) is 19.2 Å². The van der Waals surface area contributed by atoms with Crippen molar-refractivity contribution >= 4 is 22.8 Å². The predicted molar refractivity (Wildman–Crippen MR) is 96.5 cm³/mol. The van der Waals surface area contributed by atoms with Gasteiger partial charge in [0, 0.05) is 18.7 Å². The summed E-state index contributed by atoms with van der Waals surface area (Å²) in [5.74, 6) is 1.03.